The second-order valence-electron chi connectivity index (χ2n) is 8.52. The molecule has 0 bridgehead atoms. The normalized spacial score (nSPS) is 15.0. The van der Waals surface area contributed by atoms with Crippen molar-refractivity contribution in [2.24, 2.45) is 0 Å². The number of fused-ring (bicyclic) bond motifs is 1. The third-order valence-electron chi connectivity index (χ3n) is 6.29. The van der Waals surface area contributed by atoms with Crippen LogP contribution in [-0.2, 0) is 17.1 Å². The summed E-state index contributed by atoms with van der Waals surface area (Å²) in [4.78, 5) is 29.5. The van der Waals surface area contributed by atoms with E-state index in [2.05, 4.69) is 31.8 Å². The third kappa shape index (κ3) is 4.74. The molecule has 0 spiro atoms. The van der Waals surface area contributed by atoms with E-state index in [0.717, 1.165) is 5.69 Å². The number of aromatic nitrogens is 4. The van der Waals surface area contributed by atoms with E-state index in [1.54, 1.807) is 29.4 Å². The van der Waals surface area contributed by atoms with Crippen LogP contribution in [0.3, 0.4) is 0 Å². The Balaban J connectivity index is 1.37. The number of piperidine rings is 1. The van der Waals surface area contributed by atoms with E-state index in [1.165, 1.54) is 12.4 Å². The van der Waals surface area contributed by atoms with Gasteiger partial charge in [-0.2, -0.15) is 0 Å². The fraction of sp³-hybridized carbons (Fsp3) is 0.231. The summed E-state index contributed by atoms with van der Waals surface area (Å²) in [5.74, 6) is 0.786. The average molecular weight is 507 g/mol. The van der Waals surface area contributed by atoms with E-state index in [4.69, 9.17) is 16.3 Å². The quantitative estimate of drug-likeness (QED) is 0.330. The Morgan fingerprint density at radius 2 is 2.08 bits per heavy atom. The highest BCUT2D eigenvalue weighted by Crippen LogP contribution is 2.42. The number of alkyl halides is 1. The second-order valence-corrected chi connectivity index (χ2v) is 8.93. The molecule has 4 heterocycles. The number of hydrogen-bond donors (Lipinski definition) is 2. The first kappa shape index (κ1) is 23.7. The largest absolute Gasteiger partial charge is 0.486 e. The Hall–Kier alpha value is -3.98. The lowest BCUT2D eigenvalue weighted by molar-refractivity contribution is -0.128. The van der Waals surface area contributed by atoms with Gasteiger partial charge >= 0.3 is 0 Å². The number of ether oxygens (including phenoxy) is 1. The molecule has 0 atom stereocenters. The van der Waals surface area contributed by atoms with E-state index in [1.807, 2.05) is 24.3 Å². The Morgan fingerprint density at radius 1 is 1.25 bits per heavy atom. The molecule has 1 aromatic carbocycles. The van der Waals surface area contributed by atoms with E-state index in [-0.39, 0.29) is 18.7 Å². The number of hydrogen-bond acceptors (Lipinski definition) is 6. The van der Waals surface area contributed by atoms with Crippen LogP contribution >= 0.6 is 11.6 Å². The maximum absolute atomic E-state index is 16.2. The SMILES string of the molecule is C=CC(=O)N1CCC(F)(c2c[nH]c3ncnc(Nc4ccc(OCc5ccccn5)c(Cl)c4)c23)CC1. The summed E-state index contributed by atoms with van der Waals surface area (Å²) in [6.07, 6.45) is 6.34. The predicted molar refractivity (Wildman–Crippen MR) is 136 cm³/mol. The fourth-order valence-corrected chi connectivity index (χ4v) is 4.59. The van der Waals surface area contributed by atoms with Crippen molar-refractivity contribution in [2.45, 2.75) is 25.1 Å². The third-order valence-corrected chi connectivity index (χ3v) is 6.59. The van der Waals surface area contributed by atoms with Gasteiger partial charge in [0.2, 0.25) is 5.91 Å². The number of likely N-dealkylation sites (tertiary alicyclic amines) is 1. The summed E-state index contributed by atoms with van der Waals surface area (Å²) < 4.78 is 22.0. The van der Waals surface area contributed by atoms with Crippen LogP contribution in [-0.4, -0.2) is 43.8 Å². The first-order chi connectivity index (χ1) is 17.5. The summed E-state index contributed by atoms with van der Waals surface area (Å²) in [5.41, 5.74) is 0.812. The van der Waals surface area contributed by atoms with Crippen LogP contribution in [0.4, 0.5) is 15.9 Å². The summed E-state index contributed by atoms with van der Waals surface area (Å²) in [6.45, 7) is 4.42. The van der Waals surface area contributed by atoms with Gasteiger partial charge in [-0.3, -0.25) is 9.78 Å². The van der Waals surface area contributed by atoms with Crippen molar-refractivity contribution < 1.29 is 13.9 Å². The van der Waals surface area contributed by atoms with Crippen LogP contribution in [0, 0.1) is 0 Å². The molecule has 1 saturated heterocycles. The number of pyridine rings is 1. The van der Waals surface area contributed by atoms with Gasteiger partial charge in [0, 0.05) is 49.6 Å². The van der Waals surface area contributed by atoms with Gasteiger partial charge in [-0.25, -0.2) is 14.4 Å². The van der Waals surface area contributed by atoms with Crippen molar-refractivity contribution in [3.05, 3.63) is 84.1 Å². The smallest absolute Gasteiger partial charge is 0.245 e. The molecule has 0 radical (unpaired) electrons. The van der Waals surface area contributed by atoms with Gasteiger partial charge in [0.25, 0.3) is 0 Å². The highest BCUT2D eigenvalue weighted by molar-refractivity contribution is 6.32. The standard InChI is InChI=1S/C26H24ClFN6O2/c1-2-22(35)34-11-8-26(28,9-12-34)19-14-30-24-23(19)25(32-16-31-24)33-17-6-7-21(20(27)13-17)36-15-18-5-3-4-10-29-18/h2-7,10,13-14,16H,1,8-9,11-12,15H2,(H2,30,31,32,33). The number of carbonyl (C=O) groups excluding carboxylic acids is 1. The molecule has 2 N–H and O–H groups in total. The maximum Gasteiger partial charge on any atom is 0.245 e. The van der Waals surface area contributed by atoms with Gasteiger partial charge in [0.1, 0.15) is 35.8 Å². The van der Waals surface area contributed by atoms with E-state index in [0.29, 0.717) is 58.6 Å². The average Bonchev–Trinajstić information content (AvgIpc) is 3.35. The zero-order valence-corrected chi connectivity index (χ0v) is 20.1. The molecule has 0 saturated carbocycles. The molecular weight excluding hydrogens is 483 g/mol. The van der Waals surface area contributed by atoms with Crippen molar-refractivity contribution >= 4 is 40.0 Å². The van der Waals surface area contributed by atoms with Crippen molar-refractivity contribution in [2.75, 3.05) is 18.4 Å². The molecule has 1 aliphatic rings. The minimum Gasteiger partial charge on any atom is -0.486 e. The van der Waals surface area contributed by atoms with E-state index in [9.17, 15) is 4.79 Å². The molecule has 8 nitrogen and oxygen atoms in total. The fourth-order valence-electron chi connectivity index (χ4n) is 4.36. The van der Waals surface area contributed by atoms with E-state index >= 15 is 4.39 Å². The number of rotatable bonds is 7. The maximum atomic E-state index is 16.2. The Labute approximate surface area is 212 Å². The van der Waals surface area contributed by atoms with Crippen LogP contribution < -0.4 is 10.1 Å². The molecule has 10 heteroatoms. The molecule has 5 rings (SSSR count). The molecule has 1 amide bonds. The first-order valence-corrected chi connectivity index (χ1v) is 11.9. The minimum absolute atomic E-state index is 0.169. The number of carbonyl (C=O) groups is 1. The molecule has 1 aliphatic heterocycles. The van der Waals surface area contributed by atoms with Crippen LogP contribution in [0.2, 0.25) is 5.02 Å². The summed E-state index contributed by atoms with van der Waals surface area (Å²) in [6, 6.07) is 10.9. The lowest BCUT2D eigenvalue weighted by Gasteiger charge is -2.36. The zero-order valence-electron chi connectivity index (χ0n) is 19.4. The lowest BCUT2D eigenvalue weighted by atomic mass is 9.86. The zero-order chi connectivity index (χ0) is 25.1. The first-order valence-electron chi connectivity index (χ1n) is 11.5. The van der Waals surface area contributed by atoms with Gasteiger partial charge in [-0.15, -0.1) is 0 Å². The molecule has 4 aromatic rings. The van der Waals surface area contributed by atoms with E-state index < -0.39 is 5.67 Å². The lowest BCUT2D eigenvalue weighted by Crippen LogP contribution is -2.42. The molecular formula is C26H24ClFN6O2. The van der Waals surface area contributed by atoms with Crippen molar-refractivity contribution in [1.82, 2.24) is 24.8 Å². The molecule has 0 unspecified atom stereocenters. The Bertz CT molecular complexity index is 1400. The molecule has 3 aromatic heterocycles. The molecule has 36 heavy (non-hydrogen) atoms. The number of nitrogens with one attached hydrogen (secondary N) is 2. The number of amides is 1. The van der Waals surface area contributed by atoms with Crippen molar-refractivity contribution in [3.8, 4) is 5.75 Å². The van der Waals surface area contributed by atoms with Crippen LogP contribution in [0.15, 0.2) is 67.8 Å². The molecule has 0 aliphatic carbocycles. The summed E-state index contributed by atoms with van der Waals surface area (Å²) in [5, 5.41) is 4.22. The van der Waals surface area contributed by atoms with Gasteiger partial charge in [-0.1, -0.05) is 24.2 Å². The predicted octanol–water partition coefficient (Wildman–Crippen LogP) is 5.30. The molecule has 1 fully saturated rings. The van der Waals surface area contributed by atoms with Crippen molar-refractivity contribution in [1.29, 1.82) is 0 Å². The number of aromatic amines is 1. The van der Waals surface area contributed by atoms with Gasteiger partial charge in [-0.05, 0) is 36.4 Å². The van der Waals surface area contributed by atoms with Crippen LogP contribution in [0.5, 0.6) is 5.75 Å². The number of nitrogens with zero attached hydrogens (tertiary/aromatic N) is 4. The second kappa shape index (κ2) is 9.94. The van der Waals surface area contributed by atoms with Crippen LogP contribution in [0.1, 0.15) is 24.1 Å². The van der Waals surface area contributed by atoms with Gasteiger partial charge in [0.05, 0.1) is 16.1 Å². The Kier molecular flexibility index (Phi) is 6.56. The number of anilines is 2. The number of halogens is 2. The molecule has 184 valence electrons. The van der Waals surface area contributed by atoms with Gasteiger partial charge < -0.3 is 19.9 Å². The highest BCUT2D eigenvalue weighted by atomic mass is 35.5. The van der Waals surface area contributed by atoms with Crippen LogP contribution in [0.25, 0.3) is 11.0 Å². The number of H-pyrrole nitrogens is 1. The van der Waals surface area contributed by atoms with Gasteiger partial charge in [0.15, 0.2) is 0 Å². The summed E-state index contributed by atoms with van der Waals surface area (Å²) in [7, 11) is 0. The topological polar surface area (TPSA) is 96.0 Å². The minimum atomic E-state index is -1.63. The highest BCUT2D eigenvalue weighted by Gasteiger charge is 2.39. The summed E-state index contributed by atoms with van der Waals surface area (Å²) >= 11 is 6.46. The number of benzene rings is 1. The monoisotopic (exact) mass is 506 g/mol. The Morgan fingerprint density at radius 3 is 2.81 bits per heavy atom. The van der Waals surface area contributed by atoms with Crippen molar-refractivity contribution in [3.63, 3.8) is 0 Å².